The van der Waals surface area contributed by atoms with E-state index in [1.165, 1.54) is 12.8 Å². The summed E-state index contributed by atoms with van der Waals surface area (Å²) in [5.41, 5.74) is 0.698. The predicted octanol–water partition coefficient (Wildman–Crippen LogP) is 2.11. The van der Waals surface area contributed by atoms with Gasteiger partial charge in [0.1, 0.15) is 6.04 Å². The molecule has 2 aromatic rings. The van der Waals surface area contributed by atoms with Gasteiger partial charge in [-0.15, -0.1) is 0 Å². The van der Waals surface area contributed by atoms with Gasteiger partial charge in [0.2, 0.25) is 5.91 Å². The van der Waals surface area contributed by atoms with Gasteiger partial charge >= 0.3 is 0 Å². The molecule has 6 nitrogen and oxygen atoms in total. The van der Waals surface area contributed by atoms with Crippen molar-refractivity contribution in [2.24, 2.45) is 5.92 Å². The summed E-state index contributed by atoms with van der Waals surface area (Å²) in [4.78, 5) is 36.0. The monoisotopic (exact) mass is 338 g/mol. The van der Waals surface area contributed by atoms with Crippen LogP contribution in [0.2, 0.25) is 0 Å². The van der Waals surface area contributed by atoms with E-state index in [0.29, 0.717) is 22.5 Å². The van der Waals surface area contributed by atoms with Crippen LogP contribution in [0.25, 0.3) is 11.0 Å². The maximum Gasteiger partial charge on any atom is 0.291 e. The molecule has 1 aromatic carbocycles. The van der Waals surface area contributed by atoms with Crippen molar-refractivity contribution in [1.29, 1.82) is 0 Å². The summed E-state index contributed by atoms with van der Waals surface area (Å²) in [6.45, 7) is 0. The zero-order chi connectivity index (χ0) is 17.4. The molecule has 1 atom stereocenters. The minimum Gasteiger partial charge on any atom is -0.374 e. The first-order chi connectivity index (χ1) is 12.1. The minimum absolute atomic E-state index is 0.189. The third-order valence-corrected chi connectivity index (χ3v) is 4.89. The molecule has 25 heavy (non-hydrogen) atoms. The van der Waals surface area contributed by atoms with Gasteiger partial charge in [-0.05, 0) is 31.4 Å². The molecule has 0 spiro atoms. The van der Waals surface area contributed by atoms with Gasteiger partial charge in [-0.25, -0.2) is 0 Å². The first-order valence-electron chi connectivity index (χ1n) is 8.63. The minimum atomic E-state index is -0.798. The fourth-order valence-electron chi connectivity index (χ4n) is 3.52. The van der Waals surface area contributed by atoms with Gasteiger partial charge in [0.15, 0.2) is 5.58 Å². The Morgan fingerprint density at radius 3 is 2.68 bits per heavy atom. The molecule has 0 bridgehead atoms. The molecular weight excluding hydrogens is 320 g/mol. The van der Waals surface area contributed by atoms with Gasteiger partial charge in [0, 0.05) is 12.3 Å². The Morgan fingerprint density at radius 1 is 1.12 bits per heavy atom. The largest absolute Gasteiger partial charge is 0.374 e. The Kier molecular flexibility index (Phi) is 3.92. The van der Waals surface area contributed by atoms with E-state index >= 15 is 0 Å². The molecule has 2 fully saturated rings. The second-order valence-corrected chi connectivity index (χ2v) is 6.62. The summed E-state index contributed by atoms with van der Waals surface area (Å²) in [5, 5.41) is 2.66. The molecule has 1 saturated heterocycles. The van der Waals surface area contributed by atoms with Gasteiger partial charge in [-0.3, -0.25) is 19.7 Å². The maximum atomic E-state index is 12.6. The molecule has 2 heterocycles. The van der Waals surface area contributed by atoms with E-state index in [1.54, 1.807) is 12.1 Å². The van der Waals surface area contributed by atoms with Crippen LogP contribution in [0.3, 0.4) is 0 Å². The molecule has 6 heteroatoms. The van der Waals surface area contributed by atoms with Crippen molar-refractivity contribution >= 4 is 22.8 Å². The average Bonchev–Trinajstić information content (AvgIpc) is 3.22. The fourth-order valence-corrected chi connectivity index (χ4v) is 3.52. The van der Waals surface area contributed by atoms with Crippen molar-refractivity contribution in [3.63, 3.8) is 0 Å². The number of fused-ring (bicyclic) bond motifs is 1. The van der Waals surface area contributed by atoms with Crippen molar-refractivity contribution in [2.45, 2.75) is 44.6 Å². The number of amides is 2. The molecule has 1 aromatic heterocycles. The van der Waals surface area contributed by atoms with Gasteiger partial charge in [-0.2, -0.15) is 4.74 Å². The highest BCUT2D eigenvalue weighted by Crippen LogP contribution is 2.25. The van der Waals surface area contributed by atoms with Crippen LogP contribution in [-0.2, 0) is 9.59 Å². The van der Waals surface area contributed by atoms with Crippen LogP contribution >= 0.6 is 0 Å². The molecule has 2 aliphatic rings. The van der Waals surface area contributed by atoms with Crippen LogP contribution in [-0.4, -0.2) is 16.6 Å². The third kappa shape index (κ3) is 2.86. The smallest absolute Gasteiger partial charge is 0.291 e. The number of piperidine rings is 1. The third-order valence-electron chi connectivity index (χ3n) is 4.89. The Morgan fingerprint density at radius 2 is 1.92 bits per heavy atom. The van der Waals surface area contributed by atoms with Crippen molar-refractivity contribution in [1.82, 2.24) is 10.1 Å². The maximum absolute atomic E-state index is 12.6. The number of carbonyl (C=O) groups excluding carboxylic acids is 2. The number of para-hydroxylation sites is 1. The predicted molar refractivity (Wildman–Crippen MR) is 90.7 cm³/mol. The molecular formula is C19H18N2O4. The van der Waals surface area contributed by atoms with E-state index in [2.05, 4.69) is 17.2 Å². The van der Waals surface area contributed by atoms with Crippen molar-refractivity contribution in [3.8, 4) is 11.8 Å². The van der Waals surface area contributed by atoms with E-state index in [1.807, 2.05) is 6.07 Å². The molecule has 4 rings (SSSR count). The molecule has 2 amide bonds. The number of hydrogen-bond donors (Lipinski definition) is 1. The number of benzene rings is 1. The van der Waals surface area contributed by atoms with E-state index in [-0.39, 0.29) is 24.3 Å². The molecule has 128 valence electrons. The quantitative estimate of drug-likeness (QED) is 0.638. The standard InChI is InChI=1S/C19H18N2O4/c22-16-11-10-15(18(23)20-16)21-19(24)14-7-3-6-13(17(14)25-21)9-8-12-4-1-2-5-12/h3,6-7,12,15H,1-2,4-5,10-11H2,(H,20,22,23). The molecule has 1 aliphatic carbocycles. The molecule has 1 aliphatic heterocycles. The van der Waals surface area contributed by atoms with Crippen molar-refractivity contribution in [2.75, 3.05) is 0 Å². The van der Waals surface area contributed by atoms with E-state index in [4.69, 9.17) is 4.52 Å². The van der Waals surface area contributed by atoms with Crippen LogP contribution in [0.5, 0.6) is 0 Å². The normalized spacial score (nSPS) is 21.2. The molecule has 1 N–H and O–H groups in total. The second-order valence-electron chi connectivity index (χ2n) is 6.62. The molecule has 1 saturated carbocycles. The van der Waals surface area contributed by atoms with Crippen LogP contribution < -0.4 is 10.9 Å². The number of hydrogen-bond acceptors (Lipinski definition) is 4. The van der Waals surface area contributed by atoms with Crippen LogP contribution in [0.4, 0.5) is 0 Å². The van der Waals surface area contributed by atoms with Crippen molar-refractivity contribution < 1.29 is 14.1 Å². The lowest BCUT2D eigenvalue weighted by molar-refractivity contribution is -0.137. The summed E-state index contributed by atoms with van der Waals surface area (Å²) in [6, 6.07) is 4.47. The number of carbonyl (C=O) groups is 2. The van der Waals surface area contributed by atoms with Gasteiger partial charge in [0.25, 0.3) is 11.5 Å². The molecule has 0 radical (unpaired) electrons. The summed E-state index contributed by atoms with van der Waals surface area (Å²) in [7, 11) is 0. The number of nitrogens with one attached hydrogen (secondary N) is 1. The lowest BCUT2D eigenvalue weighted by atomic mass is 10.1. The number of nitrogens with zero attached hydrogens (tertiary/aromatic N) is 1. The Hall–Kier alpha value is -2.81. The van der Waals surface area contributed by atoms with Gasteiger partial charge < -0.3 is 4.52 Å². The van der Waals surface area contributed by atoms with Crippen LogP contribution in [0.1, 0.15) is 50.1 Å². The average molecular weight is 338 g/mol. The SMILES string of the molecule is O=C1CCC(n2oc3c(C#CC4CCCC4)cccc3c2=O)C(=O)N1. The fraction of sp³-hybridized carbons (Fsp3) is 0.421. The first-order valence-corrected chi connectivity index (χ1v) is 8.63. The number of imide groups is 1. The Labute approximate surface area is 144 Å². The Bertz CT molecular complexity index is 967. The number of aromatic nitrogens is 1. The van der Waals surface area contributed by atoms with E-state index in [0.717, 1.165) is 17.6 Å². The highest BCUT2D eigenvalue weighted by Gasteiger charge is 2.31. The molecule has 1 unspecified atom stereocenters. The van der Waals surface area contributed by atoms with Gasteiger partial charge in [-0.1, -0.05) is 30.7 Å². The summed E-state index contributed by atoms with van der Waals surface area (Å²) >= 11 is 0. The second kappa shape index (κ2) is 6.25. The van der Waals surface area contributed by atoms with E-state index < -0.39 is 11.9 Å². The zero-order valence-corrected chi connectivity index (χ0v) is 13.7. The zero-order valence-electron chi connectivity index (χ0n) is 13.7. The summed E-state index contributed by atoms with van der Waals surface area (Å²) < 4.78 is 6.80. The lowest BCUT2D eigenvalue weighted by Gasteiger charge is -2.19. The van der Waals surface area contributed by atoms with Crippen molar-refractivity contribution in [3.05, 3.63) is 34.1 Å². The highest BCUT2D eigenvalue weighted by atomic mass is 16.5. The first kappa shape index (κ1) is 15.7. The number of rotatable bonds is 1. The van der Waals surface area contributed by atoms with E-state index in [9.17, 15) is 14.4 Å². The summed E-state index contributed by atoms with van der Waals surface area (Å²) in [6.07, 6.45) is 5.10. The Balaban J connectivity index is 1.74. The summed E-state index contributed by atoms with van der Waals surface area (Å²) in [5.74, 6) is 5.98. The van der Waals surface area contributed by atoms with Crippen LogP contribution in [0.15, 0.2) is 27.5 Å². The lowest BCUT2D eigenvalue weighted by Crippen LogP contribution is -2.43. The topological polar surface area (TPSA) is 81.3 Å². The van der Waals surface area contributed by atoms with Gasteiger partial charge in [0.05, 0.1) is 10.9 Å². The highest BCUT2D eigenvalue weighted by molar-refractivity contribution is 5.99. The van der Waals surface area contributed by atoms with Crippen LogP contribution in [0, 0.1) is 17.8 Å².